The van der Waals surface area contributed by atoms with Crippen molar-refractivity contribution >= 4 is 17.5 Å². The summed E-state index contributed by atoms with van der Waals surface area (Å²) in [5.41, 5.74) is 1.75. The number of hydrogen-bond donors (Lipinski definition) is 2. The van der Waals surface area contributed by atoms with Gasteiger partial charge in [0.05, 0.1) is 6.10 Å². The lowest BCUT2D eigenvalue weighted by molar-refractivity contribution is 0.0248. The number of benzene rings is 2. The Balaban J connectivity index is 1.65. The molecule has 5 nitrogen and oxygen atoms in total. The predicted molar refractivity (Wildman–Crippen MR) is 96.5 cm³/mol. The minimum Gasteiger partial charge on any atom is -0.391 e. The van der Waals surface area contributed by atoms with E-state index < -0.39 is 6.10 Å². The Morgan fingerprint density at radius 3 is 2.32 bits per heavy atom. The third-order valence-corrected chi connectivity index (χ3v) is 4.63. The first-order chi connectivity index (χ1) is 12.0. The van der Waals surface area contributed by atoms with Gasteiger partial charge in [-0.3, -0.25) is 9.59 Å². The lowest BCUT2D eigenvalue weighted by Gasteiger charge is -2.34. The number of amides is 2. The van der Waals surface area contributed by atoms with Crippen molar-refractivity contribution < 1.29 is 14.7 Å². The molecule has 1 saturated heterocycles. The van der Waals surface area contributed by atoms with E-state index in [1.165, 1.54) is 0 Å². The number of carbonyl (C=O) groups is 2. The van der Waals surface area contributed by atoms with E-state index in [2.05, 4.69) is 5.32 Å². The maximum absolute atomic E-state index is 12.5. The van der Waals surface area contributed by atoms with Crippen molar-refractivity contribution in [2.75, 3.05) is 18.4 Å². The maximum Gasteiger partial charge on any atom is 0.255 e. The highest BCUT2D eigenvalue weighted by Gasteiger charge is 2.27. The van der Waals surface area contributed by atoms with Crippen molar-refractivity contribution in [3.8, 4) is 0 Å². The zero-order chi connectivity index (χ0) is 17.8. The molecular formula is C20H22N2O3. The molecule has 0 spiro atoms. The van der Waals surface area contributed by atoms with Crippen molar-refractivity contribution in [2.24, 2.45) is 5.92 Å². The fourth-order valence-corrected chi connectivity index (χ4v) is 2.90. The minimum atomic E-state index is -0.478. The summed E-state index contributed by atoms with van der Waals surface area (Å²) >= 11 is 0. The van der Waals surface area contributed by atoms with E-state index in [0.717, 1.165) is 12.1 Å². The van der Waals surface area contributed by atoms with Crippen molar-refractivity contribution in [2.45, 2.75) is 19.4 Å². The van der Waals surface area contributed by atoms with E-state index in [9.17, 15) is 14.7 Å². The highest BCUT2D eigenvalue weighted by molar-refractivity contribution is 6.05. The molecule has 2 N–H and O–H groups in total. The second kappa shape index (κ2) is 7.49. The molecule has 0 bridgehead atoms. The van der Waals surface area contributed by atoms with Gasteiger partial charge in [0.15, 0.2) is 0 Å². The summed E-state index contributed by atoms with van der Waals surface area (Å²) in [6.45, 7) is 3.00. The monoisotopic (exact) mass is 338 g/mol. The Morgan fingerprint density at radius 1 is 1.04 bits per heavy atom. The molecule has 1 heterocycles. The predicted octanol–water partition coefficient (Wildman–Crippen LogP) is 2.78. The Kier molecular flexibility index (Phi) is 5.14. The van der Waals surface area contributed by atoms with Gasteiger partial charge in [0.2, 0.25) is 0 Å². The molecule has 2 unspecified atom stereocenters. The molecule has 1 aliphatic heterocycles. The third kappa shape index (κ3) is 4.06. The fourth-order valence-electron chi connectivity index (χ4n) is 2.90. The van der Waals surface area contributed by atoms with Gasteiger partial charge in [-0.05, 0) is 48.7 Å². The standard InChI is InChI=1S/C20H22N2O3/c1-14-11-12-22(13-18(14)23)20(25)16-9-7-15(8-10-16)19(24)21-17-5-3-2-4-6-17/h2-10,14,18,23H,11-13H2,1H3,(H,21,24). The summed E-state index contributed by atoms with van der Waals surface area (Å²) in [4.78, 5) is 26.4. The molecule has 0 aromatic heterocycles. The lowest BCUT2D eigenvalue weighted by Crippen LogP contribution is -2.45. The minimum absolute atomic E-state index is 0.110. The number of rotatable bonds is 3. The maximum atomic E-state index is 12.5. The van der Waals surface area contributed by atoms with E-state index >= 15 is 0 Å². The van der Waals surface area contributed by atoms with Crippen LogP contribution in [0.25, 0.3) is 0 Å². The van der Waals surface area contributed by atoms with Crippen molar-refractivity contribution in [3.05, 3.63) is 65.7 Å². The van der Waals surface area contributed by atoms with Crippen LogP contribution in [0.5, 0.6) is 0 Å². The number of nitrogens with zero attached hydrogens (tertiary/aromatic N) is 1. The van der Waals surface area contributed by atoms with Crippen LogP contribution in [0.3, 0.4) is 0 Å². The number of likely N-dealkylation sites (tertiary alicyclic amines) is 1. The van der Waals surface area contributed by atoms with Crippen molar-refractivity contribution in [3.63, 3.8) is 0 Å². The largest absolute Gasteiger partial charge is 0.391 e. The molecule has 1 aliphatic rings. The molecule has 0 aliphatic carbocycles. The number of aliphatic hydroxyl groups excluding tert-OH is 1. The SMILES string of the molecule is CC1CCN(C(=O)c2ccc(C(=O)Nc3ccccc3)cc2)CC1O. The first kappa shape index (κ1) is 17.2. The van der Waals surface area contributed by atoms with Gasteiger partial charge in [-0.25, -0.2) is 0 Å². The van der Waals surface area contributed by atoms with Crippen LogP contribution in [0.15, 0.2) is 54.6 Å². The highest BCUT2D eigenvalue weighted by atomic mass is 16.3. The first-order valence-electron chi connectivity index (χ1n) is 8.48. The van der Waals surface area contributed by atoms with Crippen LogP contribution < -0.4 is 5.32 Å². The van der Waals surface area contributed by atoms with Gasteiger partial charge in [-0.1, -0.05) is 25.1 Å². The molecule has 2 atom stereocenters. The normalized spacial score (nSPS) is 20.2. The number of aliphatic hydroxyl groups is 1. The van der Waals surface area contributed by atoms with Gasteiger partial charge >= 0.3 is 0 Å². The van der Waals surface area contributed by atoms with E-state index in [-0.39, 0.29) is 17.7 Å². The number of piperidine rings is 1. The molecule has 5 heteroatoms. The quantitative estimate of drug-likeness (QED) is 0.904. The second-order valence-electron chi connectivity index (χ2n) is 6.48. The van der Waals surface area contributed by atoms with Gasteiger partial charge in [0.1, 0.15) is 0 Å². The number of hydrogen-bond acceptors (Lipinski definition) is 3. The molecule has 0 saturated carbocycles. The topological polar surface area (TPSA) is 69.6 Å². The van der Waals surface area contributed by atoms with E-state index in [1.54, 1.807) is 29.2 Å². The second-order valence-corrected chi connectivity index (χ2v) is 6.48. The fraction of sp³-hybridized carbons (Fsp3) is 0.300. The molecule has 2 amide bonds. The summed E-state index contributed by atoms with van der Waals surface area (Å²) in [5.74, 6) is -0.110. The van der Waals surface area contributed by atoms with Crippen LogP contribution in [0, 0.1) is 5.92 Å². The number of carbonyl (C=O) groups excluding carboxylic acids is 2. The highest BCUT2D eigenvalue weighted by Crippen LogP contribution is 2.19. The molecule has 3 rings (SSSR count). The number of nitrogens with one attached hydrogen (secondary N) is 1. The molecule has 1 fully saturated rings. The Hall–Kier alpha value is -2.66. The molecule has 130 valence electrons. The molecule has 0 radical (unpaired) electrons. The lowest BCUT2D eigenvalue weighted by atomic mass is 9.95. The van der Waals surface area contributed by atoms with Crippen molar-refractivity contribution in [1.29, 1.82) is 0 Å². The van der Waals surface area contributed by atoms with Gasteiger partial charge in [-0.2, -0.15) is 0 Å². The summed E-state index contributed by atoms with van der Waals surface area (Å²) in [6, 6.07) is 15.8. The number of para-hydroxylation sites is 1. The van der Waals surface area contributed by atoms with Crippen LogP contribution in [-0.2, 0) is 0 Å². The van der Waals surface area contributed by atoms with E-state index in [0.29, 0.717) is 24.2 Å². The Labute approximate surface area is 147 Å². The summed E-state index contributed by atoms with van der Waals surface area (Å²) in [6.07, 6.45) is 0.318. The third-order valence-electron chi connectivity index (χ3n) is 4.63. The van der Waals surface area contributed by atoms with Crippen molar-refractivity contribution in [1.82, 2.24) is 4.90 Å². The summed E-state index contributed by atoms with van der Waals surface area (Å²) in [5, 5.41) is 12.8. The summed E-state index contributed by atoms with van der Waals surface area (Å²) in [7, 11) is 0. The van der Waals surface area contributed by atoms with Gasteiger partial charge in [0.25, 0.3) is 11.8 Å². The van der Waals surface area contributed by atoms with Crippen LogP contribution in [0.4, 0.5) is 5.69 Å². The Morgan fingerprint density at radius 2 is 1.68 bits per heavy atom. The van der Waals surface area contributed by atoms with Gasteiger partial charge < -0.3 is 15.3 Å². The summed E-state index contributed by atoms with van der Waals surface area (Å²) < 4.78 is 0. The zero-order valence-corrected chi connectivity index (χ0v) is 14.2. The molecule has 2 aromatic rings. The van der Waals surface area contributed by atoms with Crippen LogP contribution in [0.2, 0.25) is 0 Å². The zero-order valence-electron chi connectivity index (χ0n) is 14.2. The molecule has 2 aromatic carbocycles. The van der Waals surface area contributed by atoms with Crippen LogP contribution >= 0.6 is 0 Å². The molecular weight excluding hydrogens is 316 g/mol. The van der Waals surface area contributed by atoms with Gasteiger partial charge in [-0.15, -0.1) is 0 Å². The van der Waals surface area contributed by atoms with Crippen LogP contribution in [-0.4, -0.2) is 41.0 Å². The van der Waals surface area contributed by atoms with E-state index in [1.807, 2.05) is 37.3 Å². The Bertz CT molecular complexity index is 743. The number of anilines is 1. The number of β-amino-alcohol motifs (C(OH)–C–C–N with tert-alkyl or cyclic N) is 1. The smallest absolute Gasteiger partial charge is 0.255 e. The van der Waals surface area contributed by atoms with Crippen LogP contribution in [0.1, 0.15) is 34.1 Å². The average molecular weight is 338 g/mol. The first-order valence-corrected chi connectivity index (χ1v) is 8.48. The molecule has 25 heavy (non-hydrogen) atoms. The van der Waals surface area contributed by atoms with Gasteiger partial charge in [0, 0.05) is 29.9 Å². The average Bonchev–Trinajstić information content (AvgIpc) is 2.64. The van der Waals surface area contributed by atoms with E-state index in [4.69, 9.17) is 0 Å².